The van der Waals surface area contributed by atoms with Crippen molar-refractivity contribution in [2.75, 3.05) is 13.7 Å². The van der Waals surface area contributed by atoms with Crippen molar-refractivity contribution in [3.05, 3.63) is 0 Å². The maximum atomic E-state index is 5.60. The largest absolute Gasteiger partial charge is 0.380 e. The van der Waals surface area contributed by atoms with Gasteiger partial charge in [0.05, 0.1) is 6.10 Å². The van der Waals surface area contributed by atoms with Crippen LogP contribution in [0.25, 0.3) is 0 Å². The summed E-state index contributed by atoms with van der Waals surface area (Å²) in [5.41, 5.74) is 0. The summed E-state index contributed by atoms with van der Waals surface area (Å²) in [6.45, 7) is 3.61. The van der Waals surface area contributed by atoms with Gasteiger partial charge in [-0.05, 0) is 44.1 Å². The molecule has 4 atom stereocenters. The maximum absolute atomic E-state index is 5.60. The molecule has 1 N–H and O–H groups in total. The van der Waals surface area contributed by atoms with Crippen molar-refractivity contribution >= 4 is 0 Å². The molecule has 0 aromatic carbocycles. The lowest BCUT2D eigenvalue weighted by molar-refractivity contribution is 0.0412. The number of nitrogens with one attached hydrogen (secondary N) is 1. The molecule has 2 saturated carbocycles. The summed E-state index contributed by atoms with van der Waals surface area (Å²) < 4.78 is 5.60. The van der Waals surface area contributed by atoms with Gasteiger partial charge >= 0.3 is 0 Å². The van der Waals surface area contributed by atoms with Crippen LogP contribution in [0.1, 0.15) is 64.7 Å². The monoisotopic (exact) mass is 253 g/mol. The summed E-state index contributed by atoms with van der Waals surface area (Å²) in [6, 6.07) is 0.616. The van der Waals surface area contributed by atoms with Crippen LogP contribution in [0.2, 0.25) is 0 Å². The van der Waals surface area contributed by atoms with Crippen molar-refractivity contribution in [3.8, 4) is 0 Å². The van der Waals surface area contributed by atoms with Crippen LogP contribution in [0.3, 0.4) is 0 Å². The second-order valence-corrected chi connectivity index (χ2v) is 6.55. The van der Waals surface area contributed by atoms with E-state index in [-0.39, 0.29) is 0 Å². The molecule has 2 aliphatic rings. The lowest BCUT2D eigenvalue weighted by Gasteiger charge is -2.32. The molecule has 2 rings (SSSR count). The minimum Gasteiger partial charge on any atom is -0.380 e. The smallest absolute Gasteiger partial charge is 0.0724 e. The van der Waals surface area contributed by atoms with Gasteiger partial charge in [-0.3, -0.25) is 0 Å². The zero-order chi connectivity index (χ0) is 12.8. The van der Waals surface area contributed by atoms with E-state index in [1.54, 1.807) is 0 Å². The molecule has 0 aromatic heterocycles. The van der Waals surface area contributed by atoms with Crippen LogP contribution in [-0.2, 0) is 4.74 Å². The normalized spacial score (nSPS) is 37.7. The first kappa shape index (κ1) is 14.3. The molecule has 0 heterocycles. The van der Waals surface area contributed by atoms with Gasteiger partial charge in [0.25, 0.3) is 0 Å². The van der Waals surface area contributed by atoms with Gasteiger partial charge in [0.15, 0.2) is 0 Å². The highest BCUT2D eigenvalue weighted by molar-refractivity contribution is 4.82. The van der Waals surface area contributed by atoms with Crippen LogP contribution in [0.4, 0.5) is 0 Å². The molecule has 2 heteroatoms. The van der Waals surface area contributed by atoms with Gasteiger partial charge < -0.3 is 10.1 Å². The van der Waals surface area contributed by atoms with Crippen molar-refractivity contribution < 1.29 is 4.74 Å². The van der Waals surface area contributed by atoms with Gasteiger partial charge in [-0.1, -0.05) is 39.0 Å². The zero-order valence-corrected chi connectivity index (χ0v) is 12.3. The topological polar surface area (TPSA) is 21.3 Å². The van der Waals surface area contributed by atoms with Crippen molar-refractivity contribution in [1.82, 2.24) is 5.32 Å². The third-order valence-corrected chi connectivity index (χ3v) is 5.01. The van der Waals surface area contributed by atoms with E-state index in [0.29, 0.717) is 12.1 Å². The zero-order valence-electron chi connectivity index (χ0n) is 12.3. The van der Waals surface area contributed by atoms with Crippen molar-refractivity contribution in [2.24, 2.45) is 11.8 Å². The lowest BCUT2D eigenvalue weighted by Crippen LogP contribution is -2.43. The number of hydrogen-bond donors (Lipinski definition) is 1. The molecule has 2 fully saturated rings. The van der Waals surface area contributed by atoms with Gasteiger partial charge in [0.2, 0.25) is 0 Å². The van der Waals surface area contributed by atoms with E-state index >= 15 is 0 Å². The summed E-state index contributed by atoms with van der Waals surface area (Å²) >= 11 is 0. The first-order valence-electron chi connectivity index (χ1n) is 8.05. The molecular formula is C16H31NO. The average molecular weight is 253 g/mol. The Labute approximate surface area is 113 Å². The fourth-order valence-electron chi connectivity index (χ4n) is 3.91. The first-order chi connectivity index (χ1) is 8.79. The van der Waals surface area contributed by atoms with E-state index in [9.17, 15) is 0 Å². The van der Waals surface area contributed by atoms with Crippen LogP contribution < -0.4 is 5.32 Å². The van der Waals surface area contributed by atoms with Crippen molar-refractivity contribution in [3.63, 3.8) is 0 Å². The van der Waals surface area contributed by atoms with E-state index in [1.165, 1.54) is 64.3 Å². The standard InChI is InChI=1S/C16H31NO/c1-13-6-5-7-14(12-13)10-11-17-15-8-3-4-9-16(15)18-2/h13-17H,3-12H2,1-2H3. The first-order valence-corrected chi connectivity index (χ1v) is 8.05. The molecule has 0 aliphatic heterocycles. The Hall–Kier alpha value is -0.0800. The number of ether oxygens (including phenoxy) is 1. The molecule has 4 unspecified atom stereocenters. The van der Waals surface area contributed by atoms with Gasteiger partial charge in [0.1, 0.15) is 0 Å². The fraction of sp³-hybridized carbons (Fsp3) is 1.00. The van der Waals surface area contributed by atoms with Crippen molar-refractivity contribution in [1.29, 1.82) is 0 Å². The molecule has 106 valence electrons. The minimum absolute atomic E-state index is 0.462. The van der Waals surface area contributed by atoms with Gasteiger partial charge in [-0.25, -0.2) is 0 Å². The quantitative estimate of drug-likeness (QED) is 0.805. The maximum Gasteiger partial charge on any atom is 0.0724 e. The minimum atomic E-state index is 0.462. The Kier molecular flexibility index (Phi) is 5.97. The number of rotatable bonds is 5. The molecule has 0 spiro atoms. The molecule has 2 aliphatic carbocycles. The second-order valence-electron chi connectivity index (χ2n) is 6.55. The van der Waals surface area contributed by atoms with Gasteiger partial charge in [-0.15, -0.1) is 0 Å². The third kappa shape index (κ3) is 4.24. The Morgan fingerprint density at radius 1 is 1.06 bits per heavy atom. The van der Waals surface area contributed by atoms with E-state index in [1.807, 2.05) is 7.11 Å². The summed E-state index contributed by atoms with van der Waals surface area (Å²) in [5.74, 6) is 1.94. The molecule has 0 radical (unpaired) electrons. The molecule has 0 saturated heterocycles. The van der Waals surface area contributed by atoms with Crippen LogP contribution in [0, 0.1) is 11.8 Å². The van der Waals surface area contributed by atoms with Gasteiger partial charge in [-0.2, -0.15) is 0 Å². The number of methoxy groups -OCH3 is 1. The average Bonchev–Trinajstić information content (AvgIpc) is 2.39. The molecule has 2 nitrogen and oxygen atoms in total. The highest BCUT2D eigenvalue weighted by Gasteiger charge is 2.25. The predicted molar refractivity (Wildman–Crippen MR) is 76.8 cm³/mol. The lowest BCUT2D eigenvalue weighted by atomic mass is 9.81. The summed E-state index contributed by atoms with van der Waals surface area (Å²) in [5, 5.41) is 3.76. The Morgan fingerprint density at radius 3 is 2.67 bits per heavy atom. The predicted octanol–water partition coefficient (Wildman–Crippen LogP) is 3.75. The third-order valence-electron chi connectivity index (χ3n) is 5.01. The summed E-state index contributed by atoms with van der Waals surface area (Å²) in [4.78, 5) is 0. The van der Waals surface area contributed by atoms with E-state index in [0.717, 1.165) is 11.8 Å². The highest BCUT2D eigenvalue weighted by atomic mass is 16.5. The van der Waals surface area contributed by atoms with Crippen LogP contribution >= 0.6 is 0 Å². The molecule has 18 heavy (non-hydrogen) atoms. The SMILES string of the molecule is COC1CCCCC1NCCC1CCCC(C)C1. The van der Waals surface area contributed by atoms with Crippen LogP contribution in [-0.4, -0.2) is 25.8 Å². The van der Waals surface area contributed by atoms with Gasteiger partial charge in [0, 0.05) is 13.2 Å². The summed E-state index contributed by atoms with van der Waals surface area (Å²) in [7, 11) is 1.87. The van der Waals surface area contributed by atoms with E-state index in [4.69, 9.17) is 4.74 Å². The summed E-state index contributed by atoms with van der Waals surface area (Å²) in [6.07, 6.45) is 12.9. The van der Waals surface area contributed by atoms with Crippen molar-refractivity contribution in [2.45, 2.75) is 76.9 Å². The van der Waals surface area contributed by atoms with Crippen LogP contribution in [0.5, 0.6) is 0 Å². The van der Waals surface area contributed by atoms with Crippen LogP contribution in [0.15, 0.2) is 0 Å². The molecule has 0 amide bonds. The molecular weight excluding hydrogens is 222 g/mol. The Morgan fingerprint density at radius 2 is 1.89 bits per heavy atom. The highest BCUT2D eigenvalue weighted by Crippen LogP contribution is 2.30. The number of hydrogen-bond acceptors (Lipinski definition) is 2. The van der Waals surface area contributed by atoms with E-state index < -0.39 is 0 Å². The molecule has 0 bridgehead atoms. The Balaban J connectivity index is 1.64. The molecule has 0 aromatic rings. The van der Waals surface area contributed by atoms with E-state index in [2.05, 4.69) is 12.2 Å². The second kappa shape index (κ2) is 7.49. The fourth-order valence-corrected chi connectivity index (χ4v) is 3.91. The Bertz CT molecular complexity index is 231.